The fraction of sp³-hybridized carbons (Fsp3) is 0.538. The highest BCUT2D eigenvalue weighted by atomic mass is 15.0. The third kappa shape index (κ3) is 3.54. The Hall–Kier alpha value is -1.56. The van der Waals surface area contributed by atoms with Crippen molar-refractivity contribution in [3.63, 3.8) is 0 Å². The minimum absolute atomic E-state index is 0.665. The standard InChI is InChI=1S/C13H19N3/c1-3-4-5-6-8-15-13-12(10-14)11(2)7-9-16-13/h7,9H,3-6,8H2,1-2H3,(H,15,16). The van der Waals surface area contributed by atoms with E-state index in [1.54, 1.807) is 6.20 Å². The van der Waals surface area contributed by atoms with Gasteiger partial charge in [-0.25, -0.2) is 4.98 Å². The lowest BCUT2D eigenvalue weighted by atomic mass is 10.1. The Morgan fingerprint density at radius 1 is 1.38 bits per heavy atom. The molecular formula is C13H19N3. The highest BCUT2D eigenvalue weighted by Gasteiger charge is 2.04. The van der Waals surface area contributed by atoms with Crippen LogP contribution < -0.4 is 5.32 Å². The number of hydrogen-bond donors (Lipinski definition) is 1. The molecule has 0 fully saturated rings. The molecule has 16 heavy (non-hydrogen) atoms. The van der Waals surface area contributed by atoms with Crippen molar-refractivity contribution in [2.24, 2.45) is 0 Å². The van der Waals surface area contributed by atoms with Crippen LogP contribution in [0.1, 0.15) is 43.7 Å². The lowest BCUT2D eigenvalue weighted by molar-refractivity contribution is 0.684. The summed E-state index contributed by atoms with van der Waals surface area (Å²) in [7, 11) is 0. The summed E-state index contributed by atoms with van der Waals surface area (Å²) in [6.07, 6.45) is 6.62. The van der Waals surface area contributed by atoms with Gasteiger partial charge in [-0.3, -0.25) is 0 Å². The van der Waals surface area contributed by atoms with E-state index >= 15 is 0 Å². The number of nitrogens with one attached hydrogen (secondary N) is 1. The maximum atomic E-state index is 9.01. The monoisotopic (exact) mass is 217 g/mol. The van der Waals surface area contributed by atoms with Crippen LogP contribution in [0.15, 0.2) is 12.3 Å². The number of pyridine rings is 1. The second-order valence-electron chi connectivity index (χ2n) is 3.95. The Labute approximate surface area is 97.5 Å². The van der Waals surface area contributed by atoms with Gasteiger partial charge in [-0.1, -0.05) is 26.2 Å². The SMILES string of the molecule is CCCCCCNc1nccc(C)c1C#N. The number of nitriles is 1. The molecule has 0 saturated carbocycles. The van der Waals surface area contributed by atoms with Crippen LogP contribution in [0.3, 0.4) is 0 Å². The molecule has 0 saturated heterocycles. The number of unbranched alkanes of at least 4 members (excludes halogenated alkanes) is 3. The molecule has 0 aliphatic rings. The third-order valence-electron chi connectivity index (χ3n) is 2.59. The molecule has 3 heteroatoms. The normalized spacial score (nSPS) is 9.81. The highest BCUT2D eigenvalue weighted by Crippen LogP contribution is 2.15. The molecular weight excluding hydrogens is 198 g/mol. The van der Waals surface area contributed by atoms with E-state index in [9.17, 15) is 0 Å². The van der Waals surface area contributed by atoms with E-state index in [0.29, 0.717) is 5.56 Å². The van der Waals surface area contributed by atoms with Crippen molar-refractivity contribution in [3.8, 4) is 6.07 Å². The average Bonchev–Trinajstić information content (AvgIpc) is 2.29. The second-order valence-corrected chi connectivity index (χ2v) is 3.95. The summed E-state index contributed by atoms with van der Waals surface area (Å²) in [4.78, 5) is 4.19. The van der Waals surface area contributed by atoms with E-state index in [0.717, 1.165) is 24.3 Å². The van der Waals surface area contributed by atoms with Crippen molar-refractivity contribution in [3.05, 3.63) is 23.4 Å². The zero-order valence-electron chi connectivity index (χ0n) is 10.1. The Balaban J connectivity index is 2.48. The predicted molar refractivity (Wildman–Crippen MR) is 66.3 cm³/mol. The summed E-state index contributed by atoms with van der Waals surface area (Å²) >= 11 is 0. The molecule has 0 amide bonds. The summed E-state index contributed by atoms with van der Waals surface area (Å²) in [6, 6.07) is 4.05. The van der Waals surface area contributed by atoms with E-state index in [1.165, 1.54) is 19.3 Å². The summed E-state index contributed by atoms with van der Waals surface area (Å²) in [6.45, 7) is 5.02. The molecule has 1 rings (SSSR count). The Kier molecular flexibility index (Phi) is 5.35. The molecule has 0 bridgehead atoms. The highest BCUT2D eigenvalue weighted by molar-refractivity contribution is 5.55. The molecule has 1 heterocycles. The van der Waals surface area contributed by atoms with Gasteiger partial charge in [-0.15, -0.1) is 0 Å². The third-order valence-corrected chi connectivity index (χ3v) is 2.59. The average molecular weight is 217 g/mol. The van der Waals surface area contributed by atoms with Crippen molar-refractivity contribution < 1.29 is 0 Å². The molecule has 1 N–H and O–H groups in total. The van der Waals surface area contributed by atoms with Gasteiger partial charge in [0.05, 0.1) is 5.56 Å². The first-order chi connectivity index (χ1) is 7.79. The lowest BCUT2D eigenvalue weighted by Gasteiger charge is -2.08. The van der Waals surface area contributed by atoms with Gasteiger partial charge in [0.1, 0.15) is 11.9 Å². The topological polar surface area (TPSA) is 48.7 Å². The van der Waals surface area contributed by atoms with Crippen molar-refractivity contribution in [1.82, 2.24) is 4.98 Å². The predicted octanol–water partition coefficient (Wildman–Crippen LogP) is 3.25. The first kappa shape index (κ1) is 12.5. The summed E-state index contributed by atoms with van der Waals surface area (Å²) in [5.41, 5.74) is 1.64. The Bertz CT molecular complexity index is 366. The van der Waals surface area contributed by atoms with Crippen LogP contribution in [0.4, 0.5) is 5.82 Å². The van der Waals surface area contributed by atoms with Gasteiger partial charge in [0.2, 0.25) is 0 Å². The van der Waals surface area contributed by atoms with Crippen LogP contribution >= 0.6 is 0 Å². The molecule has 0 aliphatic carbocycles. The Morgan fingerprint density at radius 2 is 2.19 bits per heavy atom. The van der Waals surface area contributed by atoms with Gasteiger partial charge >= 0.3 is 0 Å². The molecule has 0 radical (unpaired) electrons. The number of hydrogen-bond acceptors (Lipinski definition) is 3. The number of aromatic nitrogens is 1. The van der Waals surface area contributed by atoms with Gasteiger partial charge in [0, 0.05) is 12.7 Å². The van der Waals surface area contributed by atoms with Gasteiger partial charge in [-0.05, 0) is 25.0 Å². The lowest BCUT2D eigenvalue weighted by Crippen LogP contribution is -2.05. The minimum atomic E-state index is 0.665. The van der Waals surface area contributed by atoms with Gasteiger partial charge < -0.3 is 5.32 Å². The smallest absolute Gasteiger partial charge is 0.144 e. The van der Waals surface area contributed by atoms with Crippen LogP contribution in [0.2, 0.25) is 0 Å². The molecule has 0 aliphatic heterocycles. The van der Waals surface area contributed by atoms with E-state index in [4.69, 9.17) is 5.26 Å². The summed E-state index contributed by atoms with van der Waals surface area (Å²) in [5, 5.41) is 12.2. The van der Waals surface area contributed by atoms with Crippen LogP contribution in [-0.2, 0) is 0 Å². The maximum Gasteiger partial charge on any atom is 0.144 e. The molecule has 1 aromatic heterocycles. The molecule has 0 aromatic carbocycles. The number of nitrogens with zero attached hydrogens (tertiary/aromatic N) is 2. The summed E-state index contributed by atoms with van der Waals surface area (Å²) < 4.78 is 0. The largest absolute Gasteiger partial charge is 0.369 e. The first-order valence-corrected chi connectivity index (χ1v) is 5.89. The van der Waals surface area contributed by atoms with E-state index in [2.05, 4.69) is 23.3 Å². The van der Waals surface area contributed by atoms with Gasteiger partial charge in [0.15, 0.2) is 0 Å². The minimum Gasteiger partial charge on any atom is -0.369 e. The number of anilines is 1. The molecule has 1 aromatic rings. The van der Waals surface area contributed by atoms with Crippen molar-refractivity contribution >= 4 is 5.82 Å². The molecule has 0 unspecified atom stereocenters. The molecule has 0 spiro atoms. The van der Waals surface area contributed by atoms with Crippen molar-refractivity contribution in [1.29, 1.82) is 5.26 Å². The zero-order chi connectivity index (χ0) is 11.8. The van der Waals surface area contributed by atoms with E-state index in [-0.39, 0.29) is 0 Å². The van der Waals surface area contributed by atoms with Crippen molar-refractivity contribution in [2.45, 2.75) is 39.5 Å². The Morgan fingerprint density at radius 3 is 2.88 bits per heavy atom. The quantitative estimate of drug-likeness (QED) is 0.744. The van der Waals surface area contributed by atoms with E-state index < -0.39 is 0 Å². The molecule has 86 valence electrons. The maximum absolute atomic E-state index is 9.01. The fourth-order valence-corrected chi connectivity index (χ4v) is 1.59. The molecule has 0 atom stereocenters. The number of aryl methyl sites for hydroxylation is 1. The van der Waals surface area contributed by atoms with Gasteiger partial charge in [-0.2, -0.15) is 5.26 Å². The summed E-state index contributed by atoms with van der Waals surface area (Å²) in [5.74, 6) is 0.721. The number of rotatable bonds is 6. The van der Waals surface area contributed by atoms with Crippen molar-refractivity contribution in [2.75, 3.05) is 11.9 Å². The van der Waals surface area contributed by atoms with Crippen LogP contribution in [-0.4, -0.2) is 11.5 Å². The van der Waals surface area contributed by atoms with Crippen LogP contribution in [0.5, 0.6) is 0 Å². The fourth-order valence-electron chi connectivity index (χ4n) is 1.59. The van der Waals surface area contributed by atoms with Crippen LogP contribution in [0.25, 0.3) is 0 Å². The molecule has 3 nitrogen and oxygen atoms in total. The first-order valence-electron chi connectivity index (χ1n) is 5.89. The van der Waals surface area contributed by atoms with Gasteiger partial charge in [0.25, 0.3) is 0 Å². The second kappa shape index (κ2) is 6.84. The van der Waals surface area contributed by atoms with Crippen LogP contribution in [0, 0.1) is 18.3 Å². The van der Waals surface area contributed by atoms with E-state index in [1.807, 2.05) is 13.0 Å². The zero-order valence-corrected chi connectivity index (χ0v) is 10.1.